The van der Waals surface area contributed by atoms with E-state index in [1.165, 1.54) is 13.2 Å². The average molecular weight is 457 g/mol. The first-order valence-electron chi connectivity index (χ1n) is 9.85. The summed E-state index contributed by atoms with van der Waals surface area (Å²) >= 11 is 0. The van der Waals surface area contributed by atoms with Gasteiger partial charge >= 0.3 is 23.9 Å². The lowest BCUT2D eigenvalue weighted by molar-refractivity contribution is -0.141. The number of rotatable bonds is 13. The van der Waals surface area contributed by atoms with Gasteiger partial charge in [0, 0.05) is 17.7 Å². The van der Waals surface area contributed by atoms with E-state index in [0.717, 1.165) is 18.9 Å². The fourth-order valence-electron chi connectivity index (χ4n) is 1.30. The van der Waals surface area contributed by atoms with Crippen LogP contribution in [0.15, 0.2) is 49.6 Å². The van der Waals surface area contributed by atoms with Crippen molar-refractivity contribution in [3.63, 3.8) is 0 Å². The molecule has 32 heavy (non-hydrogen) atoms. The molecule has 0 heterocycles. The monoisotopic (exact) mass is 456 g/mol. The summed E-state index contributed by atoms with van der Waals surface area (Å²) in [5.41, 5.74) is 0.666. The van der Waals surface area contributed by atoms with Crippen LogP contribution in [0, 0.1) is 0 Å². The summed E-state index contributed by atoms with van der Waals surface area (Å²) in [7, 11) is 1.33. The minimum Gasteiger partial charge on any atom is -0.466 e. The highest BCUT2D eigenvalue weighted by Crippen LogP contribution is 1.96. The van der Waals surface area contributed by atoms with Crippen molar-refractivity contribution in [2.24, 2.45) is 0 Å². The van der Waals surface area contributed by atoms with E-state index in [-0.39, 0.29) is 37.3 Å². The molecule has 0 saturated heterocycles. The zero-order valence-electron chi connectivity index (χ0n) is 19.6. The molecule has 0 aromatic heterocycles. The van der Waals surface area contributed by atoms with Crippen molar-refractivity contribution >= 4 is 23.9 Å². The lowest BCUT2D eigenvalue weighted by Crippen LogP contribution is -2.14. The first-order chi connectivity index (χ1) is 15.1. The van der Waals surface area contributed by atoms with Gasteiger partial charge in [0.1, 0.15) is 6.61 Å². The van der Waals surface area contributed by atoms with Crippen molar-refractivity contribution in [3.8, 4) is 0 Å². The van der Waals surface area contributed by atoms with Gasteiger partial charge in [-0.15, -0.1) is 0 Å². The Morgan fingerprint density at radius 1 is 0.812 bits per heavy atom. The quantitative estimate of drug-likeness (QED) is 0.178. The Bertz CT molecular complexity index is 621. The fourth-order valence-corrected chi connectivity index (χ4v) is 1.30. The summed E-state index contributed by atoms with van der Waals surface area (Å²) in [6.07, 6.45) is 4.22. The van der Waals surface area contributed by atoms with Crippen LogP contribution in [-0.2, 0) is 42.9 Å². The van der Waals surface area contributed by atoms with Crippen LogP contribution >= 0.6 is 0 Å². The number of esters is 4. The van der Waals surface area contributed by atoms with Gasteiger partial charge in [0.05, 0.1) is 39.1 Å². The smallest absolute Gasteiger partial charge is 0.335 e. The van der Waals surface area contributed by atoms with Gasteiger partial charge in [-0.2, -0.15) is 0 Å². The van der Waals surface area contributed by atoms with E-state index in [1.807, 2.05) is 6.92 Å². The summed E-state index contributed by atoms with van der Waals surface area (Å²) in [5, 5.41) is 0. The Kier molecular flexibility index (Phi) is 25.2. The van der Waals surface area contributed by atoms with E-state index in [1.54, 1.807) is 13.8 Å². The third-order valence-electron chi connectivity index (χ3n) is 2.92. The highest BCUT2D eigenvalue weighted by atomic mass is 16.6. The Hall–Kier alpha value is -3.20. The number of ether oxygens (including phenoxy) is 5. The number of hydrogen-bond donors (Lipinski definition) is 0. The molecule has 0 aromatic rings. The van der Waals surface area contributed by atoms with Crippen molar-refractivity contribution in [2.45, 2.75) is 33.6 Å². The second kappa shape index (κ2) is 24.1. The van der Waals surface area contributed by atoms with Gasteiger partial charge in [-0.1, -0.05) is 39.7 Å². The second-order valence-corrected chi connectivity index (χ2v) is 5.75. The summed E-state index contributed by atoms with van der Waals surface area (Å²) in [5.74, 6) is -1.66. The Balaban J connectivity index is -0.000000442. The third kappa shape index (κ3) is 24.8. The van der Waals surface area contributed by atoms with Gasteiger partial charge in [0.15, 0.2) is 0 Å². The Labute approximate surface area is 190 Å². The molecular formula is C23H36O9. The van der Waals surface area contributed by atoms with Crippen LogP contribution < -0.4 is 0 Å². The normalized spacial score (nSPS) is 8.75. The minimum absolute atomic E-state index is 0.0600. The average Bonchev–Trinajstić information content (AvgIpc) is 2.78. The molecule has 0 N–H and O–H groups in total. The molecule has 0 atom stereocenters. The lowest BCUT2D eigenvalue weighted by atomic mass is 10.3. The molecule has 0 saturated carbocycles. The van der Waals surface area contributed by atoms with E-state index >= 15 is 0 Å². The maximum atomic E-state index is 11.1. The van der Waals surface area contributed by atoms with Gasteiger partial charge in [0.25, 0.3) is 0 Å². The number of hydrogen-bond acceptors (Lipinski definition) is 9. The number of carbonyl (C=O) groups is 4. The SMILES string of the molecule is C=C(C)C(=O)OC.C=CC(=O)OCCCC.C=CC(=O)OCCOCC(=C)C(=O)OCC. The molecule has 0 aliphatic rings. The van der Waals surface area contributed by atoms with Crippen LogP contribution in [0.5, 0.6) is 0 Å². The number of methoxy groups -OCH3 is 1. The van der Waals surface area contributed by atoms with Crippen molar-refractivity contribution < 1.29 is 42.9 Å². The second-order valence-electron chi connectivity index (χ2n) is 5.75. The molecule has 0 radical (unpaired) electrons. The minimum atomic E-state index is -0.507. The summed E-state index contributed by atoms with van der Waals surface area (Å²) < 4.78 is 23.3. The largest absolute Gasteiger partial charge is 0.466 e. The molecule has 9 heteroatoms. The Morgan fingerprint density at radius 3 is 1.72 bits per heavy atom. The molecule has 0 fully saturated rings. The summed E-state index contributed by atoms with van der Waals surface area (Å²) in [6, 6.07) is 0. The maximum Gasteiger partial charge on any atom is 0.335 e. The van der Waals surface area contributed by atoms with Crippen LogP contribution in [0.3, 0.4) is 0 Å². The molecule has 0 bridgehead atoms. The molecule has 0 aliphatic carbocycles. The van der Waals surface area contributed by atoms with E-state index in [0.29, 0.717) is 18.8 Å². The zero-order valence-corrected chi connectivity index (χ0v) is 19.6. The summed E-state index contributed by atoms with van der Waals surface area (Å²) in [6.45, 7) is 19.9. The summed E-state index contributed by atoms with van der Waals surface area (Å²) in [4.78, 5) is 42.2. The van der Waals surface area contributed by atoms with E-state index in [9.17, 15) is 19.2 Å². The lowest BCUT2D eigenvalue weighted by Gasteiger charge is -2.06. The van der Waals surface area contributed by atoms with Gasteiger partial charge in [0.2, 0.25) is 0 Å². The van der Waals surface area contributed by atoms with E-state index in [4.69, 9.17) is 9.47 Å². The highest BCUT2D eigenvalue weighted by Gasteiger charge is 2.07. The van der Waals surface area contributed by atoms with Gasteiger partial charge in [-0.3, -0.25) is 0 Å². The van der Waals surface area contributed by atoms with Crippen molar-refractivity contribution in [1.82, 2.24) is 0 Å². The van der Waals surface area contributed by atoms with Crippen molar-refractivity contribution in [3.05, 3.63) is 49.6 Å². The number of unbranched alkanes of at least 4 members (excludes halogenated alkanes) is 1. The standard InChI is InChI=1S/C11H16O5.C7H12O2.C5H8O2/c1-4-10(12)16-7-6-14-8-9(3)11(13)15-5-2;1-3-5-6-9-7(8)4-2;1-4(2)5(6)7-3/h4H,1,3,5-8H2,2H3;4H,2-3,5-6H2,1H3;1H2,2-3H3. The molecular weight excluding hydrogens is 420 g/mol. The van der Waals surface area contributed by atoms with Crippen LogP contribution in [0.2, 0.25) is 0 Å². The van der Waals surface area contributed by atoms with Gasteiger partial charge in [-0.05, 0) is 20.3 Å². The Morgan fingerprint density at radius 2 is 1.34 bits per heavy atom. The third-order valence-corrected chi connectivity index (χ3v) is 2.92. The highest BCUT2D eigenvalue weighted by molar-refractivity contribution is 5.88. The first-order valence-corrected chi connectivity index (χ1v) is 9.85. The number of carbonyl (C=O) groups excluding carboxylic acids is 4. The predicted molar refractivity (Wildman–Crippen MR) is 121 cm³/mol. The zero-order chi connectivity index (χ0) is 25.4. The van der Waals surface area contributed by atoms with Crippen LogP contribution in [-0.4, -0.2) is 64.0 Å². The van der Waals surface area contributed by atoms with Crippen LogP contribution in [0.1, 0.15) is 33.6 Å². The molecule has 0 spiro atoms. The molecule has 0 amide bonds. The fraction of sp³-hybridized carbons (Fsp3) is 0.478. The van der Waals surface area contributed by atoms with Crippen molar-refractivity contribution in [1.29, 1.82) is 0 Å². The molecule has 0 unspecified atom stereocenters. The first kappa shape index (κ1) is 33.4. The van der Waals surface area contributed by atoms with E-state index < -0.39 is 11.9 Å². The van der Waals surface area contributed by atoms with Crippen molar-refractivity contribution in [2.75, 3.05) is 40.1 Å². The molecule has 0 aromatic carbocycles. The van der Waals surface area contributed by atoms with Gasteiger partial charge in [-0.25, -0.2) is 19.2 Å². The van der Waals surface area contributed by atoms with E-state index in [2.05, 4.69) is 40.5 Å². The molecule has 0 aliphatic heterocycles. The molecule has 182 valence electrons. The van der Waals surface area contributed by atoms with Crippen LogP contribution in [0.4, 0.5) is 0 Å². The molecule has 0 rings (SSSR count). The topological polar surface area (TPSA) is 114 Å². The maximum absolute atomic E-state index is 11.1. The van der Waals surface area contributed by atoms with Gasteiger partial charge < -0.3 is 23.7 Å². The predicted octanol–water partition coefficient (Wildman–Crippen LogP) is 3.10. The van der Waals surface area contributed by atoms with Crippen LogP contribution in [0.25, 0.3) is 0 Å². The molecule has 9 nitrogen and oxygen atoms in total.